The van der Waals surface area contributed by atoms with Crippen LogP contribution in [0.5, 0.6) is 0 Å². The first-order valence-corrected chi connectivity index (χ1v) is 8.90. The Kier molecular flexibility index (Phi) is 6.50. The van der Waals surface area contributed by atoms with Crippen molar-refractivity contribution in [3.63, 3.8) is 0 Å². The molecule has 1 aliphatic heterocycles. The molecule has 7 nitrogen and oxygen atoms in total. The van der Waals surface area contributed by atoms with E-state index in [0.717, 1.165) is 63.8 Å². The van der Waals surface area contributed by atoms with E-state index in [-0.39, 0.29) is 0 Å². The average Bonchev–Trinajstić information content (AvgIpc) is 3.36. The van der Waals surface area contributed by atoms with Crippen molar-refractivity contribution in [2.24, 2.45) is 18.0 Å². The fourth-order valence-electron chi connectivity index (χ4n) is 2.84. The highest BCUT2D eigenvalue weighted by Gasteiger charge is 2.15. The highest BCUT2D eigenvalue weighted by atomic mass is 16.5. The van der Waals surface area contributed by atoms with Crippen molar-refractivity contribution < 1.29 is 9.15 Å². The van der Waals surface area contributed by atoms with Gasteiger partial charge in [-0.1, -0.05) is 0 Å². The summed E-state index contributed by atoms with van der Waals surface area (Å²) in [5.41, 5.74) is 1.20. The predicted molar refractivity (Wildman–Crippen MR) is 96.6 cm³/mol. The Labute approximate surface area is 148 Å². The number of guanidine groups is 1. The molecule has 0 aliphatic carbocycles. The highest BCUT2D eigenvalue weighted by Crippen LogP contribution is 2.12. The van der Waals surface area contributed by atoms with Crippen molar-refractivity contribution >= 4 is 5.96 Å². The molecule has 25 heavy (non-hydrogen) atoms. The molecule has 0 spiro atoms. The zero-order chi connectivity index (χ0) is 17.3. The zero-order valence-electron chi connectivity index (χ0n) is 14.8. The Bertz CT molecular complexity index is 644. The molecule has 2 aromatic heterocycles. The first-order valence-electron chi connectivity index (χ1n) is 8.90. The third-order valence-corrected chi connectivity index (χ3v) is 4.37. The maximum atomic E-state index is 5.43. The van der Waals surface area contributed by atoms with Gasteiger partial charge in [0, 0.05) is 63.9 Å². The maximum absolute atomic E-state index is 5.43. The lowest BCUT2D eigenvalue weighted by Gasteiger charge is -2.13. The van der Waals surface area contributed by atoms with Gasteiger partial charge in [0.05, 0.1) is 12.9 Å². The number of ether oxygens (including phenoxy) is 1. The predicted octanol–water partition coefficient (Wildman–Crippen LogP) is 1.37. The quantitative estimate of drug-likeness (QED) is 0.558. The lowest BCUT2D eigenvalue weighted by molar-refractivity contribution is 0.187. The summed E-state index contributed by atoms with van der Waals surface area (Å²) in [5, 5.41) is 11.0. The normalized spacial score (nSPS) is 17.8. The second-order valence-electron chi connectivity index (χ2n) is 6.30. The van der Waals surface area contributed by atoms with Gasteiger partial charge in [-0.15, -0.1) is 0 Å². The Morgan fingerprint density at radius 3 is 2.88 bits per heavy atom. The average molecular weight is 345 g/mol. The van der Waals surface area contributed by atoms with Crippen molar-refractivity contribution in [1.29, 1.82) is 0 Å². The summed E-state index contributed by atoms with van der Waals surface area (Å²) in [7, 11) is 1.96. The van der Waals surface area contributed by atoms with Crippen LogP contribution in [0.25, 0.3) is 0 Å². The van der Waals surface area contributed by atoms with Crippen LogP contribution >= 0.6 is 0 Å². The van der Waals surface area contributed by atoms with Crippen LogP contribution in [0.15, 0.2) is 40.1 Å². The minimum absolute atomic E-state index is 0.528. The molecule has 0 saturated carbocycles. The maximum Gasteiger partial charge on any atom is 0.191 e. The summed E-state index contributed by atoms with van der Waals surface area (Å²) in [4.78, 5) is 4.73. The number of aliphatic imine (C=N–C) groups is 1. The van der Waals surface area contributed by atoms with Crippen LogP contribution in [0.2, 0.25) is 0 Å². The van der Waals surface area contributed by atoms with Gasteiger partial charge < -0.3 is 19.8 Å². The fourth-order valence-corrected chi connectivity index (χ4v) is 2.84. The molecule has 0 bridgehead atoms. The topological polar surface area (TPSA) is 76.6 Å². The second kappa shape index (κ2) is 9.27. The van der Waals surface area contributed by atoms with Crippen LogP contribution in [-0.4, -0.2) is 48.6 Å². The van der Waals surface area contributed by atoms with E-state index in [4.69, 9.17) is 14.1 Å². The first kappa shape index (κ1) is 17.5. The molecule has 1 saturated heterocycles. The lowest BCUT2D eigenvalue weighted by Crippen LogP contribution is -2.40. The molecule has 0 radical (unpaired) electrons. The van der Waals surface area contributed by atoms with Crippen molar-refractivity contribution in [3.05, 3.63) is 42.1 Å². The number of furan rings is 1. The SMILES string of the molecule is Cn1nccc1CCNC(=NCC1CCOC1)NCCc1ccco1. The van der Waals surface area contributed by atoms with Gasteiger partial charge in [0.2, 0.25) is 0 Å². The van der Waals surface area contributed by atoms with E-state index in [1.165, 1.54) is 5.69 Å². The van der Waals surface area contributed by atoms with Crippen LogP contribution < -0.4 is 10.6 Å². The highest BCUT2D eigenvalue weighted by molar-refractivity contribution is 5.79. The standard InChI is InChI=1S/C18H27N5O2/c1-23-16(5-10-22-23)4-8-19-18(21-13-15-7-12-24-14-15)20-9-6-17-3-2-11-25-17/h2-3,5,10-11,15H,4,6-9,12-14H2,1H3,(H2,19,20,21). The second-order valence-corrected chi connectivity index (χ2v) is 6.30. The van der Waals surface area contributed by atoms with Gasteiger partial charge in [-0.3, -0.25) is 9.67 Å². The summed E-state index contributed by atoms with van der Waals surface area (Å²) in [5.74, 6) is 2.35. The molecule has 1 atom stereocenters. The van der Waals surface area contributed by atoms with E-state index in [2.05, 4.69) is 15.7 Å². The number of aryl methyl sites for hydroxylation is 1. The monoisotopic (exact) mass is 345 g/mol. The summed E-state index contributed by atoms with van der Waals surface area (Å²) >= 11 is 0. The Morgan fingerprint density at radius 2 is 2.20 bits per heavy atom. The van der Waals surface area contributed by atoms with Gasteiger partial charge in [0.1, 0.15) is 5.76 Å². The largest absolute Gasteiger partial charge is 0.469 e. The molecule has 0 amide bonds. The van der Waals surface area contributed by atoms with Crippen LogP contribution in [0, 0.1) is 5.92 Å². The van der Waals surface area contributed by atoms with E-state index < -0.39 is 0 Å². The summed E-state index contributed by atoms with van der Waals surface area (Å²) < 4.78 is 12.7. The van der Waals surface area contributed by atoms with Gasteiger partial charge in [-0.2, -0.15) is 5.10 Å². The molecular weight excluding hydrogens is 318 g/mol. The van der Waals surface area contributed by atoms with Crippen LogP contribution in [0.4, 0.5) is 0 Å². The van der Waals surface area contributed by atoms with E-state index in [1.54, 1.807) is 6.26 Å². The molecule has 3 heterocycles. The fraction of sp³-hybridized carbons (Fsp3) is 0.556. The van der Waals surface area contributed by atoms with E-state index in [9.17, 15) is 0 Å². The van der Waals surface area contributed by atoms with Gasteiger partial charge in [-0.25, -0.2) is 0 Å². The number of nitrogens with one attached hydrogen (secondary N) is 2. The molecule has 2 N–H and O–H groups in total. The lowest BCUT2D eigenvalue weighted by atomic mass is 10.1. The zero-order valence-corrected chi connectivity index (χ0v) is 14.8. The van der Waals surface area contributed by atoms with Crippen molar-refractivity contribution in [2.75, 3.05) is 32.8 Å². The van der Waals surface area contributed by atoms with Crippen LogP contribution in [-0.2, 0) is 24.6 Å². The molecule has 7 heteroatoms. The summed E-state index contributed by atoms with van der Waals surface area (Å²) in [6.07, 6.45) is 6.37. The number of hydrogen-bond donors (Lipinski definition) is 2. The molecule has 136 valence electrons. The van der Waals surface area contributed by atoms with Crippen LogP contribution in [0.3, 0.4) is 0 Å². The van der Waals surface area contributed by atoms with Crippen molar-refractivity contribution in [3.8, 4) is 0 Å². The molecule has 1 unspecified atom stereocenters. The van der Waals surface area contributed by atoms with E-state index in [1.807, 2.05) is 36.1 Å². The van der Waals surface area contributed by atoms with Crippen molar-refractivity contribution in [1.82, 2.24) is 20.4 Å². The molecule has 2 aromatic rings. The minimum Gasteiger partial charge on any atom is -0.469 e. The molecule has 0 aromatic carbocycles. The smallest absolute Gasteiger partial charge is 0.191 e. The third kappa shape index (κ3) is 5.63. The van der Waals surface area contributed by atoms with E-state index >= 15 is 0 Å². The first-order chi connectivity index (χ1) is 12.3. The number of nitrogens with zero attached hydrogens (tertiary/aromatic N) is 3. The van der Waals surface area contributed by atoms with Gasteiger partial charge in [0.25, 0.3) is 0 Å². The Morgan fingerprint density at radius 1 is 1.32 bits per heavy atom. The Hall–Kier alpha value is -2.28. The molecular formula is C18H27N5O2. The summed E-state index contributed by atoms with van der Waals surface area (Å²) in [6, 6.07) is 5.94. The number of aromatic nitrogens is 2. The molecule has 1 fully saturated rings. The van der Waals surface area contributed by atoms with Crippen molar-refractivity contribution in [2.45, 2.75) is 19.3 Å². The molecule has 1 aliphatic rings. The number of hydrogen-bond acceptors (Lipinski definition) is 4. The summed E-state index contributed by atoms with van der Waals surface area (Å²) in [6.45, 7) is 4.06. The van der Waals surface area contributed by atoms with Gasteiger partial charge in [-0.05, 0) is 24.6 Å². The minimum atomic E-state index is 0.528. The van der Waals surface area contributed by atoms with Crippen LogP contribution in [0.1, 0.15) is 17.9 Å². The van der Waals surface area contributed by atoms with Gasteiger partial charge >= 0.3 is 0 Å². The van der Waals surface area contributed by atoms with Gasteiger partial charge in [0.15, 0.2) is 5.96 Å². The Balaban J connectivity index is 1.47. The molecule has 3 rings (SSSR count). The third-order valence-electron chi connectivity index (χ3n) is 4.37. The van der Waals surface area contributed by atoms with E-state index in [0.29, 0.717) is 5.92 Å². The number of rotatable bonds is 8.